The third-order valence-electron chi connectivity index (χ3n) is 7.81. The molecule has 2 bridgehead atoms. The Bertz CT molecular complexity index is 844. The third-order valence-corrected chi connectivity index (χ3v) is 7.81. The Morgan fingerprint density at radius 3 is 2.77 bits per heavy atom. The van der Waals surface area contributed by atoms with Crippen LogP contribution >= 0.6 is 0 Å². The van der Waals surface area contributed by atoms with Crippen molar-refractivity contribution in [2.24, 2.45) is 5.92 Å². The molecule has 0 aromatic heterocycles. The lowest BCUT2D eigenvalue weighted by Crippen LogP contribution is -3.00. The molecule has 2 saturated heterocycles. The number of fused-ring (bicyclic) bond motifs is 2. The van der Waals surface area contributed by atoms with Crippen LogP contribution in [0.4, 0.5) is 5.69 Å². The normalized spacial score (nSPS) is 38.6. The largest absolute Gasteiger partial charge is 1.00 e. The maximum absolute atomic E-state index is 12.3. The molecule has 2 fully saturated rings. The quantitative estimate of drug-likeness (QED) is 0.406. The average molecular weight is 371 g/mol. The number of likely N-dealkylation sites (N-methyl/N-ethyl adjacent to an activating group) is 2. The van der Waals surface area contributed by atoms with E-state index in [2.05, 4.69) is 56.3 Å². The Balaban J connectivity index is 0.00000168. The molecule has 1 aliphatic carbocycles. The van der Waals surface area contributed by atoms with E-state index < -0.39 is 0 Å². The summed E-state index contributed by atoms with van der Waals surface area (Å²) in [6, 6.07) is 9.43. The molecule has 138 valence electrons. The van der Waals surface area contributed by atoms with Crippen LogP contribution in [0.1, 0.15) is 31.7 Å². The molecule has 0 radical (unpaired) electrons. The van der Waals surface area contributed by atoms with Gasteiger partial charge in [0.05, 0.1) is 25.6 Å². The number of para-hydroxylation sites is 1. The van der Waals surface area contributed by atoms with Crippen LogP contribution in [-0.4, -0.2) is 44.0 Å². The highest BCUT2D eigenvalue weighted by atomic mass is 35.5. The van der Waals surface area contributed by atoms with E-state index in [0.29, 0.717) is 12.0 Å². The number of carbonyl (C=O) groups is 1. The number of aldehydes is 1. The predicted molar refractivity (Wildman–Crippen MR) is 100 cm³/mol. The van der Waals surface area contributed by atoms with Crippen LogP contribution in [0.2, 0.25) is 0 Å². The SMILES string of the molecule is CC=C1CC[N+]2(C)CCC34C(=C(C=O)C1CC32)N(C)c1ccccc14.[Cl-]. The topological polar surface area (TPSA) is 20.3 Å². The number of anilines is 1. The Kier molecular flexibility index (Phi) is 3.91. The number of hydrogen-bond acceptors (Lipinski definition) is 2. The van der Waals surface area contributed by atoms with Crippen molar-refractivity contribution in [1.82, 2.24) is 0 Å². The minimum absolute atomic E-state index is 0. The van der Waals surface area contributed by atoms with E-state index >= 15 is 0 Å². The van der Waals surface area contributed by atoms with Gasteiger partial charge in [0.15, 0.2) is 0 Å². The first-order chi connectivity index (χ1) is 12.1. The highest BCUT2D eigenvalue weighted by molar-refractivity contribution is 5.85. The van der Waals surface area contributed by atoms with Gasteiger partial charge in [-0.15, -0.1) is 0 Å². The summed E-state index contributed by atoms with van der Waals surface area (Å²) in [6.07, 6.45) is 6.87. The number of allylic oxidation sites excluding steroid dienone is 2. The van der Waals surface area contributed by atoms with E-state index in [9.17, 15) is 4.79 Å². The van der Waals surface area contributed by atoms with Gasteiger partial charge in [0, 0.05) is 49.2 Å². The highest BCUT2D eigenvalue weighted by Gasteiger charge is 2.66. The third kappa shape index (κ3) is 1.86. The van der Waals surface area contributed by atoms with E-state index in [-0.39, 0.29) is 17.8 Å². The molecular formula is C22H27ClN2O. The lowest BCUT2D eigenvalue weighted by Gasteiger charge is -2.45. The van der Waals surface area contributed by atoms with Crippen LogP contribution in [-0.2, 0) is 10.2 Å². The van der Waals surface area contributed by atoms with Gasteiger partial charge in [0.25, 0.3) is 0 Å². The number of hydrogen-bond donors (Lipinski definition) is 0. The second-order valence-corrected chi connectivity index (χ2v) is 8.56. The second-order valence-electron chi connectivity index (χ2n) is 8.56. The fourth-order valence-corrected chi connectivity index (χ4v) is 6.65. The maximum Gasteiger partial charge on any atom is 0.148 e. The van der Waals surface area contributed by atoms with E-state index in [0.717, 1.165) is 22.9 Å². The van der Waals surface area contributed by atoms with Crippen molar-refractivity contribution in [2.75, 3.05) is 32.1 Å². The van der Waals surface area contributed by atoms with Gasteiger partial charge in [0.1, 0.15) is 12.3 Å². The van der Waals surface area contributed by atoms with Crippen LogP contribution in [0, 0.1) is 5.92 Å². The predicted octanol–water partition coefficient (Wildman–Crippen LogP) is 0.420. The molecule has 3 nitrogen and oxygen atoms in total. The lowest BCUT2D eigenvalue weighted by atomic mass is 9.63. The smallest absolute Gasteiger partial charge is 0.148 e. The van der Waals surface area contributed by atoms with Crippen molar-refractivity contribution >= 4 is 12.0 Å². The zero-order valence-electron chi connectivity index (χ0n) is 15.8. The lowest BCUT2D eigenvalue weighted by molar-refractivity contribution is -0.922. The zero-order valence-corrected chi connectivity index (χ0v) is 16.6. The molecule has 0 saturated carbocycles. The first-order valence-corrected chi connectivity index (χ1v) is 9.59. The van der Waals surface area contributed by atoms with Crippen molar-refractivity contribution in [1.29, 1.82) is 0 Å². The summed E-state index contributed by atoms with van der Waals surface area (Å²) in [6.45, 7) is 4.56. The molecule has 1 aromatic rings. The molecule has 3 aliphatic heterocycles. The minimum Gasteiger partial charge on any atom is -1.00 e. The summed E-state index contributed by atoms with van der Waals surface area (Å²) in [7, 11) is 4.63. The number of quaternary nitrogens is 1. The van der Waals surface area contributed by atoms with Crippen molar-refractivity contribution in [2.45, 2.75) is 37.6 Å². The van der Waals surface area contributed by atoms with Gasteiger partial charge in [-0.2, -0.15) is 0 Å². The van der Waals surface area contributed by atoms with Crippen molar-refractivity contribution in [3.05, 3.63) is 52.7 Å². The van der Waals surface area contributed by atoms with Crippen molar-refractivity contribution < 1.29 is 21.7 Å². The van der Waals surface area contributed by atoms with Gasteiger partial charge in [-0.25, -0.2) is 0 Å². The molecule has 0 N–H and O–H groups in total. The van der Waals surface area contributed by atoms with E-state index in [1.54, 1.807) is 0 Å². The molecule has 4 heteroatoms. The van der Waals surface area contributed by atoms with Crippen molar-refractivity contribution in [3.63, 3.8) is 0 Å². The van der Waals surface area contributed by atoms with Gasteiger partial charge < -0.3 is 21.8 Å². The fourth-order valence-electron chi connectivity index (χ4n) is 6.65. The van der Waals surface area contributed by atoms with E-state index in [1.807, 2.05) is 0 Å². The molecule has 4 unspecified atom stereocenters. The highest BCUT2D eigenvalue weighted by Crippen LogP contribution is 2.63. The Morgan fingerprint density at radius 2 is 2.04 bits per heavy atom. The monoisotopic (exact) mass is 370 g/mol. The molecule has 1 spiro atoms. The standard InChI is InChI=1S/C22H27N2O.ClH/c1-4-15-9-11-24(3)12-10-22-18-7-5-6-8-19(18)23(2)21(22)17(14-25)16(15)13-20(22)24;/h4-8,14,16,20H,9-13H2,1-3H3;1H/q+1;/p-1. The van der Waals surface area contributed by atoms with Crippen LogP contribution in [0.25, 0.3) is 0 Å². The molecule has 26 heavy (non-hydrogen) atoms. The number of nitrogens with zero attached hydrogens (tertiary/aromatic N) is 2. The Morgan fingerprint density at radius 1 is 1.27 bits per heavy atom. The summed E-state index contributed by atoms with van der Waals surface area (Å²) >= 11 is 0. The summed E-state index contributed by atoms with van der Waals surface area (Å²) in [4.78, 5) is 14.6. The molecule has 4 atom stereocenters. The summed E-state index contributed by atoms with van der Waals surface area (Å²) in [5.41, 5.74) is 6.64. The van der Waals surface area contributed by atoms with Gasteiger partial charge >= 0.3 is 0 Å². The van der Waals surface area contributed by atoms with Crippen LogP contribution < -0.4 is 17.3 Å². The van der Waals surface area contributed by atoms with Crippen LogP contribution in [0.3, 0.4) is 0 Å². The zero-order chi connectivity index (χ0) is 17.4. The molecular weight excluding hydrogens is 344 g/mol. The molecule has 5 rings (SSSR count). The second kappa shape index (κ2) is 5.71. The number of benzene rings is 1. The molecule has 3 heterocycles. The fraction of sp³-hybridized carbons (Fsp3) is 0.500. The van der Waals surface area contributed by atoms with Gasteiger partial charge in [-0.05, 0) is 18.6 Å². The first-order valence-electron chi connectivity index (χ1n) is 9.59. The minimum atomic E-state index is 0. The number of rotatable bonds is 1. The number of halogens is 1. The Labute approximate surface area is 162 Å². The van der Waals surface area contributed by atoms with E-state index in [1.165, 1.54) is 48.3 Å². The van der Waals surface area contributed by atoms with E-state index in [4.69, 9.17) is 0 Å². The maximum atomic E-state index is 12.3. The average Bonchev–Trinajstić information content (AvgIpc) is 3.02. The summed E-state index contributed by atoms with van der Waals surface area (Å²) < 4.78 is 1.16. The van der Waals surface area contributed by atoms with Crippen LogP contribution in [0.15, 0.2) is 47.2 Å². The van der Waals surface area contributed by atoms with Gasteiger partial charge in [-0.1, -0.05) is 29.8 Å². The Hall–Kier alpha value is -1.58. The number of carbonyl (C=O) groups excluding carboxylic acids is 1. The summed E-state index contributed by atoms with van der Waals surface area (Å²) in [5.74, 6) is 0.311. The van der Waals surface area contributed by atoms with Crippen LogP contribution in [0.5, 0.6) is 0 Å². The molecule has 4 aliphatic rings. The molecule has 1 aromatic carbocycles. The molecule has 0 amide bonds. The first kappa shape index (κ1) is 17.8. The summed E-state index contributed by atoms with van der Waals surface area (Å²) in [5, 5.41) is 0. The van der Waals surface area contributed by atoms with Gasteiger partial charge in [0.2, 0.25) is 0 Å². The van der Waals surface area contributed by atoms with Gasteiger partial charge in [-0.3, -0.25) is 4.79 Å². The van der Waals surface area contributed by atoms with Crippen molar-refractivity contribution in [3.8, 4) is 0 Å².